The minimum absolute atomic E-state index is 0. The Morgan fingerprint density at radius 1 is 1.26 bits per heavy atom. The summed E-state index contributed by atoms with van der Waals surface area (Å²) in [6.45, 7) is 3.28. The molecule has 0 aromatic heterocycles. The average Bonchev–Trinajstić information content (AvgIpc) is 3.20. The first-order chi connectivity index (χ1) is 8.77. The third kappa shape index (κ3) is 2.90. The second kappa shape index (κ2) is 5.88. The van der Waals surface area contributed by atoms with Gasteiger partial charge in [-0.1, -0.05) is 18.2 Å². The molecule has 5 heteroatoms. The predicted octanol–water partition coefficient (Wildman–Crippen LogP) is 1.78. The van der Waals surface area contributed by atoms with Crippen molar-refractivity contribution < 1.29 is 9.18 Å². The molecule has 2 atom stereocenters. The minimum atomic E-state index is -0.182. The van der Waals surface area contributed by atoms with Gasteiger partial charge in [0.1, 0.15) is 5.82 Å². The highest BCUT2D eigenvalue weighted by atomic mass is 35.5. The zero-order chi connectivity index (χ0) is 12.5. The van der Waals surface area contributed by atoms with Gasteiger partial charge in [0.2, 0.25) is 5.91 Å². The summed E-state index contributed by atoms with van der Waals surface area (Å²) in [7, 11) is 0. The molecule has 104 valence electrons. The zero-order valence-electron chi connectivity index (χ0n) is 10.6. The molecule has 0 bridgehead atoms. The molecule has 1 saturated heterocycles. The minimum Gasteiger partial charge on any atom is -0.340 e. The molecule has 3 rings (SSSR count). The topological polar surface area (TPSA) is 32.3 Å². The molecule has 1 saturated carbocycles. The van der Waals surface area contributed by atoms with Crippen molar-refractivity contribution in [3.05, 3.63) is 35.6 Å². The standard InChI is InChI=1S/C14H17FN2O.ClH/c15-13-4-2-1-3-10(13)11-9-12(11)14(18)17-7-5-16-6-8-17;/h1-4,11-12,16H,5-9H2;1H. The van der Waals surface area contributed by atoms with Crippen LogP contribution in [-0.4, -0.2) is 37.0 Å². The van der Waals surface area contributed by atoms with E-state index in [1.807, 2.05) is 11.0 Å². The second-order valence-electron chi connectivity index (χ2n) is 5.05. The first-order valence-electron chi connectivity index (χ1n) is 6.51. The fourth-order valence-electron chi connectivity index (χ4n) is 2.71. The lowest BCUT2D eigenvalue weighted by Crippen LogP contribution is -2.47. The van der Waals surface area contributed by atoms with Gasteiger partial charge in [-0.3, -0.25) is 4.79 Å². The van der Waals surface area contributed by atoms with E-state index in [1.54, 1.807) is 12.1 Å². The summed E-state index contributed by atoms with van der Waals surface area (Å²) in [6.07, 6.45) is 0.795. The van der Waals surface area contributed by atoms with Gasteiger partial charge >= 0.3 is 0 Å². The maximum Gasteiger partial charge on any atom is 0.226 e. The van der Waals surface area contributed by atoms with Crippen molar-refractivity contribution in [2.75, 3.05) is 26.2 Å². The third-order valence-corrected chi connectivity index (χ3v) is 3.84. The Morgan fingerprint density at radius 2 is 1.95 bits per heavy atom. The Hall–Kier alpha value is -1.13. The SMILES string of the molecule is Cl.O=C(C1CC1c1ccccc1F)N1CCNCC1. The molecule has 1 aromatic carbocycles. The molecule has 1 amide bonds. The maximum atomic E-state index is 13.6. The van der Waals surface area contributed by atoms with Crippen LogP contribution in [0.2, 0.25) is 0 Å². The highest BCUT2D eigenvalue weighted by molar-refractivity contribution is 5.85. The van der Waals surface area contributed by atoms with E-state index in [2.05, 4.69) is 5.32 Å². The van der Waals surface area contributed by atoms with E-state index >= 15 is 0 Å². The molecule has 1 heterocycles. The maximum absolute atomic E-state index is 13.6. The fourth-order valence-corrected chi connectivity index (χ4v) is 2.71. The lowest BCUT2D eigenvalue weighted by Gasteiger charge is -2.27. The highest BCUT2D eigenvalue weighted by Gasteiger charge is 2.46. The van der Waals surface area contributed by atoms with Gasteiger partial charge in [0, 0.05) is 32.1 Å². The number of carbonyl (C=O) groups is 1. The summed E-state index contributed by atoms with van der Waals surface area (Å²) in [6, 6.07) is 6.79. The summed E-state index contributed by atoms with van der Waals surface area (Å²) >= 11 is 0. The first kappa shape index (κ1) is 14.3. The summed E-state index contributed by atoms with van der Waals surface area (Å²) in [5.74, 6) is 0.108. The third-order valence-electron chi connectivity index (χ3n) is 3.84. The number of nitrogens with one attached hydrogen (secondary N) is 1. The van der Waals surface area contributed by atoms with Gasteiger partial charge in [0.25, 0.3) is 0 Å². The van der Waals surface area contributed by atoms with Gasteiger partial charge in [0.15, 0.2) is 0 Å². The lowest BCUT2D eigenvalue weighted by atomic mass is 10.1. The molecule has 3 nitrogen and oxygen atoms in total. The van der Waals surface area contributed by atoms with Crippen molar-refractivity contribution in [3.63, 3.8) is 0 Å². The van der Waals surface area contributed by atoms with Crippen molar-refractivity contribution in [2.45, 2.75) is 12.3 Å². The molecule has 2 aliphatic rings. The van der Waals surface area contributed by atoms with Crippen LogP contribution in [-0.2, 0) is 4.79 Å². The van der Waals surface area contributed by atoms with Crippen LogP contribution in [0.4, 0.5) is 4.39 Å². The highest BCUT2D eigenvalue weighted by Crippen LogP contribution is 2.49. The quantitative estimate of drug-likeness (QED) is 0.898. The normalized spacial score (nSPS) is 25.6. The summed E-state index contributed by atoms with van der Waals surface area (Å²) in [5, 5.41) is 3.23. The van der Waals surface area contributed by atoms with E-state index in [1.165, 1.54) is 6.07 Å². The van der Waals surface area contributed by atoms with Gasteiger partial charge in [-0.05, 0) is 24.0 Å². The summed E-state index contributed by atoms with van der Waals surface area (Å²) in [4.78, 5) is 14.1. The Labute approximate surface area is 118 Å². The number of rotatable bonds is 2. The number of hydrogen-bond donors (Lipinski definition) is 1. The summed E-state index contributed by atoms with van der Waals surface area (Å²) in [5.41, 5.74) is 0.700. The van der Waals surface area contributed by atoms with E-state index < -0.39 is 0 Å². The monoisotopic (exact) mass is 284 g/mol. The zero-order valence-corrected chi connectivity index (χ0v) is 11.5. The number of piperazine rings is 1. The number of halogens is 2. The van der Waals surface area contributed by atoms with Crippen LogP contribution in [0.3, 0.4) is 0 Å². The molecule has 2 unspecified atom stereocenters. The fraction of sp³-hybridized carbons (Fsp3) is 0.500. The van der Waals surface area contributed by atoms with Gasteiger partial charge in [0.05, 0.1) is 0 Å². The van der Waals surface area contributed by atoms with Crippen LogP contribution in [0, 0.1) is 11.7 Å². The number of nitrogens with zero attached hydrogens (tertiary/aromatic N) is 1. The number of hydrogen-bond acceptors (Lipinski definition) is 2. The Kier molecular flexibility index (Phi) is 4.42. The van der Waals surface area contributed by atoms with Crippen LogP contribution in [0.5, 0.6) is 0 Å². The van der Waals surface area contributed by atoms with Crippen LogP contribution in [0.1, 0.15) is 17.9 Å². The molecule has 2 fully saturated rings. The molecule has 1 aliphatic carbocycles. The Balaban J connectivity index is 0.00000133. The van der Waals surface area contributed by atoms with Crippen molar-refractivity contribution >= 4 is 18.3 Å². The van der Waals surface area contributed by atoms with Crippen molar-refractivity contribution in [3.8, 4) is 0 Å². The number of amides is 1. The van der Waals surface area contributed by atoms with Gasteiger partial charge in [-0.15, -0.1) is 12.4 Å². The molecule has 1 aliphatic heterocycles. The molecular weight excluding hydrogens is 267 g/mol. The molecular formula is C14H18ClFN2O. The van der Waals surface area contributed by atoms with Gasteiger partial charge < -0.3 is 10.2 Å². The second-order valence-corrected chi connectivity index (χ2v) is 5.05. The van der Waals surface area contributed by atoms with Crippen LogP contribution < -0.4 is 5.32 Å². The molecule has 0 radical (unpaired) electrons. The van der Waals surface area contributed by atoms with Crippen LogP contribution >= 0.6 is 12.4 Å². The van der Waals surface area contributed by atoms with Crippen LogP contribution in [0.15, 0.2) is 24.3 Å². The largest absolute Gasteiger partial charge is 0.340 e. The average molecular weight is 285 g/mol. The molecule has 0 spiro atoms. The smallest absolute Gasteiger partial charge is 0.226 e. The molecule has 19 heavy (non-hydrogen) atoms. The number of carbonyl (C=O) groups excluding carboxylic acids is 1. The van der Waals surface area contributed by atoms with Gasteiger partial charge in [-0.2, -0.15) is 0 Å². The van der Waals surface area contributed by atoms with E-state index in [4.69, 9.17) is 0 Å². The van der Waals surface area contributed by atoms with Crippen molar-refractivity contribution in [2.24, 2.45) is 5.92 Å². The predicted molar refractivity (Wildman–Crippen MR) is 73.9 cm³/mol. The van der Waals surface area contributed by atoms with E-state index in [0.29, 0.717) is 5.56 Å². The molecule has 1 N–H and O–H groups in total. The van der Waals surface area contributed by atoms with E-state index in [-0.39, 0.29) is 36.0 Å². The van der Waals surface area contributed by atoms with E-state index in [0.717, 1.165) is 32.6 Å². The van der Waals surface area contributed by atoms with Gasteiger partial charge in [-0.25, -0.2) is 4.39 Å². The van der Waals surface area contributed by atoms with Crippen molar-refractivity contribution in [1.82, 2.24) is 10.2 Å². The van der Waals surface area contributed by atoms with Crippen molar-refractivity contribution in [1.29, 1.82) is 0 Å². The summed E-state index contributed by atoms with van der Waals surface area (Å²) < 4.78 is 13.6. The molecule has 1 aromatic rings. The van der Waals surface area contributed by atoms with E-state index in [9.17, 15) is 9.18 Å². The first-order valence-corrected chi connectivity index (χ1v) is 6.51. The number of benzene rings is 1. The van der Waals surface area contributed by atoms with Crippen LogP contribution in [0.25, 0.3) is 0 Å². The Morgan fingerprint density at radius 3 is 2.63 bits per heavy atom. The Bertz CT molecular complexity index is 463. The lowest BCUT2D eigenvalue weighted by molar-refractivity contribution is -0.133.